The molecule has 1 aliphatic rings. The lowest BCUT2D eigenvalue weighted by molar-refractivity contribution is -0.0965. The fourth-order valence-electron chi connectivity index (χ4n) is 2.65. The van der Waals surface area contributed by atoms with Gasteiger partial charge in [-0.2, -0.15) is 0 Å². The van der Waals surface area contributed by atoms with Crippen LogP contribution in [-0.2, 0) is 9.47 Å². The largest absolute Gasteiger partial charge is 0.365 e. The Labute approximate surface area is 159 Å². The number of aliphatic imine (C=N–C) groups is 1. The molecule has 3 rings (SSSR count). The molecule has 1 N–H and O–H groups in total. The Morgan fingerprint density at radius 1 is 1.08 bits per heavy atom. The van der Waals surface area contributed by atoms with E-state index in [2.05, 4.69) is 47.8 Å². The quantitative estimate of drug-likeness (QED) is 0.801. The fourth-order valence-corrected chi connectivity index (χ4v) is 3.85. The number of hydrogen-bond acceptors (Lipinski definition) is 5. The van der Waals surface area contributed by atoms with Crippen molar-refractivity contribution in [2.24, 2.45) is 4.99 Å². The predicted octanol–water partition coefficient (Wildman–Crippen LogP) is 3.91. The molecule has 134 valence electrons. The van der Waals surface area contributed by atoms with E-state index >= 15 is 0 Å². The number of fused-ring (bicyclic) bond motifs is 1. The van der Waals surface area contributed by atoms with Crippen molar-refractivity contribution in [3.63, 3.8) is 0 Å². The SMILES string of the molecule is COC(CNC1=NCC(c2ccccc2)Sc2ccccc21)OC.Cl. The number of halogens is 1. The Balaban J connectivity index is 0.00000225. The van der Waals surface area contributed by atoms with Gasteiger partial charge in [0.1, 0.15) is 5.84 Å². The molecule has 0 spiro atoms. The topological polar surface area (TPSA) is 42.8 Å². The second-order valence-electron chi connectivity index (χ2n) is 5.48. The number of ether oxygens (including phenoxy) is 2. The van der Waals surface area contributed by atoms with Gasteiger partial charge >= 0.3 is 0 Å². The number of benzene rings is 2. The highest BCUT2D eigenvalue weighted by Gasteiger charge is 2.21. The zero-order valence-corrected chi connectivity index (χ0v) is 16.0. The van der Waals surface area contributed by atoms with Crippen LogP contribution >= 0.6 is 24.2 Å². The van der Waals surface area contributed by atoms with Gasteiger partial charge in [0.05, 0.1) is 18.3 Å². The van der Waals surface area contributed by atoms with Gasteiger partial charge in [0.15, 0.2) is 6.29 Å². The van der Waals surface area contributed by atoms with Crippen LogP contribution < -0.4 is 5.32 Å². The van der Waals surface area contributed by atoms with Crippen LogP contribution in [0.4, 0.5) is 0 Å². The van der Waals surface area contributed by atoms with Gasteiger partial charge in [0, 0.05) is 24.7 Å². The molecule has 1 atom stereocenters. The van der Waals surface area contributed by atoms with Crippen LogP contribution in [0.2, 0.25) is 0 Å². The normalized spacial score (nSPS) is 16.4. The molecular weight excluding hydrogens is 356 g/mol. The first kappa shape index (κ1) is 19.8. The first-order valence-electron chi connectivity index (χ1n) is 7.96. The van der Waals surface area contributed by atoms with Gasteiger partial charge in [-0.05, 0) is 11.6 Å². The van der Waals surface area contributed by atoms with E-state index in [1.165, 1.54) is 10.5 Å². The van der Waals surface area contributed by atoms with Crippen molar-refractivity contribution in [1.82, 2.24) is 5.32 Å². The maximum Gasteiger partial charge on any atom is 0.173 e. The van der Waals surface area contributed by atoms with Gasteiger partial charge in [-0.1, -0.05) is 48.5 Å². The van der Waals surface area contributed by atoms with Crippen LogP contribution in [0.25, 0.3) is 0 Å². The molecule has 25 heavy (non-hydrogen) atoms. The monoisotopic (exact) mass is 378 g/mol. The summed E-state index contributed by atoms with van der Waals surface area (Å²) in [5.41, 5.74) is 2.43. The lowest BCUT2D eigenvalue weighted by Gasteiger charge is -2.16. The van der Waals surface area contributed by atoms with E-state index in [0.717, 1.165) is 17.9 Å². The van der Waals surface area contributed by atoms with E-state index < -0.39 is 0 Å². The maximum atomic E-state index is 5.26. The lowest BCUT2D eigenvalue weighted by atomic mass is 10.1. The van der Waals surface area contributed by atoms with Gasteiger partial charge in [-0.15, -0.1) is 24.2 Å². The first-order chi connectivity index (χ1) is 11.8. The summed E-state index contributed by atoms with van der Waals surface area (Å²) in [7, 11) is 3.28. The summed E-state index contributed by atoms with van der Waals surface area (Å²) >= 11 is 1.86. The number of thioether (sulfide) groups is 1. The molecule has 0 aromatic heterocycles. The van der Waals surface area contributed by atoms with Crippen LogP contribution in [0.15, 0.2) is 64.5 Å². The Morgan fingerprint density at radius 2 is 1.76 bits per heavy atom. The van der Waals surface area contributed by atoms with Crippen LogP contribution in [0.1, 0.15) is 16.4 Å². The van der Waals surface area contributed by atoms with Crippen molar-refractivity contribution in [1.29, 1.82) is 0 Å². The van der Waals surface area contributed by atoms with Crippen LogP contribution in [0.5, 0.6) is 0 Å². The highest BCUT2D eigenvalue weighted by Crippen LogP contribution is 2.39. The van der Waals surface area contributed by atoms with E-state index in [4.69, 9.17) is 14.5 Å². The minimum Gasteiger partial charge on any atom is -0.365 e. The van der Waals surface area contributed by atoms with E-state index in [0.29, 0.717) is 11.8 Å². The Kier molecular flexibility index (Phi) is 7.78. The molecule has 0 saturated heterocycles. The van der Waals surface area contributed by atoms with Gasteiger partial charge in [-0.3, -0.25) is 4.99 Å². The summed E-state index contributed by atoms with van der Waals surface area (Å²) in [5, 5.41) is 3.69. The maximum absolute atomic E-state index is 5.26. The molecule has 4 nitrogen and oxygen atoms in total. The van der Waals surface area contributed by atoms with Gasteiger partial charge in [-0.25, -0.2) is 0 Å². The lowest BCUT2D eigenvalue weighted by Crippen LogP contribution is -2.35. The molecule has 1 unspecified atom stereocenters. The summed E-state index contributed by atoms with van der Waals surface area (Å²) in [6, 6.07) is 18.9. The molecule has 6 heteroatoms. The number of amidine groups is 1. The average molecular weight is 379 g/mol. The zero-order chi connectivity index (χ0) is 16.8. The first-order valence-corrected chi connectivity index (χ1v) is 8.84. The number of nitrogens with zero attached hydrogens (tertiary/aromatic N) is 1. The van der Waals surface area contributed by atoms with Gasteiger partial charge in [0.2, 0.25) is 0 Å². The van der Waals surface area contributed by atoms with Crippen molar-refractivity contribution in [2.45, 2.75) is 16.4 Å². The average Bonchev–Trinajstić information content (AvgIpc) is 2.83. The summed E-state index contributed by atoms with van der Waals surface area (Å²) in [5.74, 6) is 0.899. The van der Waals surface area contributed by atoms with Crippen molar-refractivity contribution >= 4 is 30.0 Å². The minimum absolute atomic E-state index is 0. The molecule has 0 aliphatic carbocycles. The van der Waals surface area contributed by atoms with Gasteiger partial charge < -0.3 is 14.8 Å². The molecule has 0 radical (unpaired) electrons. The number of nitrogens with one attached hydrogen (secondary N) is 1. The highest BCUT2D eigenvalue weighted by molar-refractivity contribution is 7.99. The second kappa shape index (κ2) is 9.82. The summed E-state index contributed by atoms with van der Waals surface area (Å²) in [6.45, 7) is 1.29. The fraction of sp³-hybridized carbons (Fsp3) is 0.316. The van der Waals surface area contributed by atoms with E-state index in [9.17, 15) is 0 Å². The Bertz CT molecular complexity index is 693. The number of methoxy groups -OCH3 is 2. The molecule has 2 aromatic carbocycles. The van der Waals surface area contributed by atoms with E-state index in [1.54, 1.807) is 14.2 Å². The Morgan fingerprint density at radius 3 is 2.48 bits per heavy atom. The molecular formula is C19H23ClN2O2S. The molecule has 0 bridgehead atoms. The number of hydrogen-bond donors (Lipinski definition) is 1. The minimum atomic E-state index is -0.291. The third-order valence-electron chi connectivity index (χ3n) is 3.96. The van der Waals surface area contributed by atoms with E-state index in [1.807, 2.05) is 23.9 Å². The van der Waals surface area contributed by atoms with Gasteiger partial charge in [0.25, 0.3) is 0 Å². The smallest absolute Gasteiger partial charge is 0.173 e. The standard InChI is InChI=1S/C19H22N2O2S.ClH/c1-22-18(23-2)13-21-19-15-10-6-7-11-16(15)24-17(12-20-19)14-8-4-3-5-9-14;/h3-11,17-18H,12-13H2,1-2H3,(H,20,21);1H. The molecule has 0 amide bonds. The molecule has 1 heterocycles. The zero-order valence-electron chi connectivity index (χ0n) is 14.3. The van der Waals surface area contributed by atoms with Crippen molar-refractivity contribution < 1.29 is 9.47 Å². The highest BCUT2D eigenvalue weighted by atomic mass is 35.5. The summed E-state index contributed by atoms with van der Waals surface area (Å²) in [6.07, 6.45) is -0.291. The second-order valence-corrected chi connectivity index (χ2v) is 6.73. The summed E-state index contributed by atoms with van der Waals surface area (Å²) < 4.78 is 10.5. The summed E-state index contributed by atoms with van der Waals surface area (Å²) in [4.78, 5) is 6.07. The van der Waals surface area contributed by atoms with Crippen molar-refractivity contribution in [3.8, 4) is 0 Å². The molecule has 0 fully saturated rings. The van der Waals surface area contributed by atoms with Crippen LogP contribution in [0, 0.1) is 0 Å². The van der Waals surface area contributed by atoms with E-state index in [-0.39, 0.29) is 18.7 Å². The van der Waals surface area contributed by atoms with Crippen LogP contribution in [-0.4, -0.2) is 39.4 Å². The van der Waals surface area contributed by atoms with Crippen molar-refractivity contribution in [2.75, 3.05) is 27.3 Å². The third-order valence-corrected chi connectivity index (χ3v) is 5.28. The number of rotatable bonds is 5. The third kappa shape index (κ3) is 4.98. The predicted molar refractivity (Wildman–Crippen MR) is 106 cm³/mol. The molecule has 0 saturated carbocycles. The van der Waals surface area contributed by atoms with Crippen molar-refractivity contribution in [3.05, 3.63) is 65.7 Å². The molecule has 2 aromatic rings. The Hall–Kier alpha value is -1.53. The van der Waals surface area contributed by atoms with Crippen LogP contribution in [0.3, 0.4) is 0 Å². The molecule has 1 aliphatic heterocycles.